The van der Waals surface area contributed by atoms with E-state index < -0.39 is 0 Å². The largest absolute Gasteiger partial charge is 0.394 e. The average molecular weight is 183 g/mol. The van der Waals surface area contributed by atoms with Crippen molar-refractivity contribution in [1.82, 2.24) is 4.90 Å². The molecule has 0 aromatic heterocycles. The van der Waals surface area contributed by atoms with Gasteiger partial charge in [-0.2, -0.15) is 0 Å². The predicted octanol–water partition coefficient (Wildman–Crippen LogP) is 1.80. The molecule has 0 aromatic rings. The van der Waals surface area contributed by atoms with E-state index in [-0.39, 0.29) is 12.1 Å². The quantitative estimate of drug-likeness (QED) is 0.674. The highest BCUT2D eigenvalue weighted by molar-refractivity contribution is 4.93. The molecule has 0 bridgehead atoms. The van der Waals surface area contributed by atoms with Crippen molar-refractivity contribution in [2.75, 3.05) is 19.7 Å². The van der Waals surface area contributed by atoms with Crippen LogP contribution in [0.4, 0.5) is 0 Å². The number of aliphatic hydroxyl groups is 1. The van der Waals surface area contributed by atoms with E-state index in [1.54, 1.807) is 0 Å². The first kappa shape index (κ1) is 10.7. The third-order valence-electron chi connectivity index (χ3n) is 3.06. The van der Waals surface area contributed by atoms with Crippen LogP contribution < -0.4 is 0 Å². The lowest BCUT2D eigenvalue weighted by Gasteiger charge is -2.43. The number of nitrogens with zero attached hydrogens (tertiary/aromatic N) is 1. The maximum atomic E-state index is 9.35. The molecule has 1 aliphatic heterocycles. The van der Waals surface area contributed by atoms with Crippen LogP contribution in [0, 0.1) is 0 Å². The van der Waals surface area contributed by atoms with E-state index in [0.29, 0.717) is 0 Å². The van der Waals surface area contributed by atoms with Gasteiger partial charge in [-0.25, -0.2) is 0 Å². The molecule has 1 unspecified atom stereocenters. The van der Waals surface area contributed by atoms with Crippen molar-refractivity contribution < 1.29 is 5.11 Å². The van der Waals surface area contributed by atoms with Crippen LogP contribution in [0.5, 0.6) is 0 Å². The van der Waals surface area contributed by atoms with Gasteiger partial charge in [0.15, 0.2) is 0 Å². The normalized spacial score (nSPS) is 31.3. The van der Waals surface area contributed by atoms with E-state index in [1.807, 2.05) is 6.92 Å². The SMILES string of the molecule is C/C=C/CN1CCCCC1(C)CO. The molecule has 1 aliphatic rings. The molecule has 1 fully saturated rings. The van der Waals surface area contributed by atoms with Crippen molar-refractivity contribution in [2.24, 2.45) is 0 Å². The van der Waals surface area contributed by atoms with E-state index in [2.05, 4.69) is 24.0 Å². The second-order valence-electron chi connectivity index (χ2n) is 4.13. The molecule has 13 heavy (non-hydrogen) atoms. The van der Waals surface area contributed by atoms with Gasteiger partial charge in [-0.3, -0.25) is 4.90 Å². The Morgan fingerprint density at radius 1 is 1.46 bits per heavy atom. The van der Waals surface area contributed by atoms with E-state index in [4.69, 9.17) is 0 Å². The van der Waals surface area contributed by atoms with Crippen molar-refractivity contribution in [1.29, 1.82) is 0 Å². The van der Waals surface area contributed by atoms with Crippen LogP contribution in [0.15, 0.2) is 12.2 Å². The summed E-state index contributed by atoms with van der Waals surface area (Å²) in [6, 6.07) is 0. The van der Waals surface area contributed by atoms with E-state index in [1.165, 1.54) is 12.8 Å². The van der Waals surface area contributed by atoms with Gasteiger partial charge >= 0.3 is 0 Å². The van der Waals surface area contributed by atoms with Gasteiger partial charge in [0.1, 0.15) is 0 Å². The molecule has 0 aromatic carbocycles. The molecule has 2 heteroatoms. The first-order valence-corrected chi connectivity index (χ1v) is 5.20. The summed E-state index contributed by atoms with van der Waals surface area (Å²) < 4.78 is 0. The van der Waals surface area contributed by atoms with Crippen LogP contribution in [0.1, 0.15) is 33.1 Å². The average Bonchev–Trinajstić information content (AvgIpc) is 2.17. The lowest BCUT2D eigenvalue weighted by molar-refractivity contribution is 0.0210. The van der Waals surface area contributed by atoms with Gasteiger partial charge in [-0.1, -0.05) is 18.6 Å². The van der Waals surface area contributed by atoms with Crippen molar-refractivity contribution in [3.8, 4) is 0 Å². The monoisotopic (exact) mass is 183 g/mol. The third-order valence-corrected chi connectivity index (χ3v) is 3.06. The molecular formula is C11H21NO. The molecule has 0 amide bonds. The highest BCUT2D eigenvalue weighted by Gasteiger charge is 2.32. The number of likely N-dealkylation sites (tertiary alicyclic amines) is 1. The minimum atomic E-state index is 0.0256. The summed E-state index contributed by atoms with van der Waals surface area (Å²) in [7, 11) is 0. The van der Waals surface area contributed by atoms with Crippen LogP contribution in [0.2, 0.25) is 0 Å². The van der Waals surface area contributed by atoms with E-state index >= 15 is 0 Å². The molecule has 1 saturated heterocycles. The number of piperidine rings is 1. The summed E-state index contributed by atoms with van der Waals surface area (Å²) in [5.41, 5.74) is 0.0256. The van der Waals surface area contributed by atoms with Crippen molar-refractivity contribution in [3.05, 3.63) is 12.2 Å². The molecule has 2 nitrogen and oxygen atoms in total. The second-order valence-corrected chi connectivity index (χ2v) is 4.13. The van der Waals surface area contributed by atoms with Crippen LogP contribution in [-0.2, 0) is 0 Å². The number of rotatable bonds is 3. The molecule has 1 heterocycles. The second kappa shape index (κ2) is 4.77. The van der Waals surface area contributed by atoms with Gasteiger partial charge in [0.2, 0.25) is 0 Å². The number of hydrogen-bond acceptors (Lipinski definition) is 2. The third kappa shape index (κ3) is 2.55. The molecule has 0 spiro atoms. The summed E-state index contributed by atoms with van der Waals surface area (Å²) in [6.07, 6.45) is 7.89. The Kier molecular flexibility index (Phi) is 3.94. The maximum absolute atomic E-state index is 9.35. The van der Waals surface area contributed by atoms with Gasteiger partial charge in [0.05, 0.1) is 6.61 Å². The van der Waals surface area contributed by atoms with E-state index in [9.17, 15) is 5.11 Å². The first-order valence-electron chi connectivity index (χ1n) is 5.20. The summed E-state index contributed by atoms with van der Waals surface area (Å²) in [5.74, 6) is 0. The Balaban J connectivity index is 2.56. The van der Waals surface area contributed by atoms with Gasteiger partial charge in [0.25, 0.3) is 0 Å². The lowest BCUT2D eigenvalue weighted by Crippen LogP contribution is -2.52. The zero-order chi connectivity index (χ0) is 9.73. The molecule has 1 N–H and O–H groups in total. The zero-order valence-electron chi connectivity index (χ0n) is 8.79. The number of aliphatic hydroxyl groups excluding tert-OH is 1. The molecular weight excluding hydrogens is 162 g/mol. The van der Waals surface area contributed by atoms with Crippen LogP contribution in [0.3, 0.4) is 0 Å². The van der Waals surface area contributed by atoms with Crippen molar-refractivity contribution in [3.63, 3.8) is 0 Å². The van der Waals surface area contributed by atoms with Gasteiger partial charge in [-0.15, -0.1) is 0 Å². The smallest absolute Gasteiger partial charge is 0.0612 e. The summed E-state index contributed by atoms with van der Waals surface area (Å²) in [6.45, 7) is 6.59. The standard InChI is InChI=1S/C11H21NO/c1-3-4-8-12-9-6-5-7-11(12,2)10-13/h3-4,13H,5-10H2,1-2H3/b4-3+. The Labute approximate surface area is 81.2 Å². The molecule has 1 atom stereocenters. The first-order chi connectivity index (χ1) is 6.23. The fourth-order valence-electron chi connectivity index (χ4n) is 1.96. The fraction of sp³-hybridized carbons (Fsp3) is 0.818. The number of hydrogen-bond donors (Lipinski definition) is 1. The summed E-state index contributed by atoms with van der Waals surface area (Å²) in [5, 5.41) is 9.35. The topological polar surface area (TPSA) is 23.5 Å². The van der Waals surface area contributed by atoms with Crippen LogP contribution in [0.25, 0.3) is 0 Å². The molecule has 76 valence electrons. The van der Waals surface area contributed by atoms with Crippen LogP contribution >= 0.6 is 0 Å². The fourth-order valence-corrected chi connectivity index (χ4v) is 1.96. The van der Waals surface area contributed by atoms with Gasteiger partial charge in [-0.05, 0) is 33.2 Å². The minimum absolute atomic E-state index is 0.0256. The molecule has 0 aliphatic carbocycles. The van der Waals surface area contributed by atoms with E-state index in [0.717, 1.165) is 19.5 Å². The molecule has 0 saturated carbocycles. The maximum Gasteiger partial charge on any atom is 0.0612 e. The highest BCUT2D eigenvalue weighted by Crippen LogP contribution is 2.26. The highest BCUT2D eigenvalue weighted by atomic mass is 16.3. The molecule has 0 radical (unpaired) electrons. The summed E-state index contributed by atoms with van der Waals surface area (Å²) >= 11 is 0. The Morgan fingerprint density at radius 3 is 2.85 bits per heavy atom. The zero-order valence-corrected chi connectivity index (χ0v) is 8.79. The van der Waals surface area contributed by atoms with Crippen LogP contribution in [-0.4, -0.2) is 35.2 Å². The summed E-state index contributed by atoms with van der Waals surface area (Å²) in [4.78, 5) is 2.39. The predicted molar refractivity (Wildman–Crippen MR) is 55.7 cm³/mol. The minimum Gasteiger partial charge on any atom is -0.394 e. The van der Waals surface area contributed by atoms with Gasteiger partial charge in [0, 0.05) is 12.1 Å². The lowest BCUT2D eigenvalue weighted by atomic mass is 9.89. The number of allylic oxidation sites excluding steroid dienone is 1. The Morgan fingerprint density at radius 2 is 2.23 bits per heavy atom. The molecule has 1 rings (SSSR count). The Hall–Kier alpha value is -0.340. The van der Waals surface area contributed by atoms with Crippen molar-refractivity contribution in [2.45, 2.75) is 38.6 Å². The van der Waals surface area contributed by atoms with Crippen molar-refractivity contribution >= 4 is 0 Å². The Bertz CT molecular complexity index is 179. The van der Waals surface area contributed by atoms with Gasteiger partial charge < -0.3 is 5.11 Å².